The summed E-state index contributed by atoms with van der Waals surface area (Å²) in [5, 5.41) is 24.1. The Bertz CT molecular complexity index is 899. The van der Waals surface area contributed by atoms with Crippen LogP contribution in [-0.2, 0) is 7.05 Å². The number of hydrogen-bond donors (Lipinski definition) is 2. The van der Waals surface area contributed by atoms with Crippen molar-refractivity contribution in [3.63, 3.8) is 0 Å². The minimum Gasteiger partial charge on any atom is -0.507 e. The molecule has 2 N–H and O–H groups in total. The fourth-order valence-electron chi connectivity index (χ4n) is 2.85. The van der Waals surface area contributed by atoms with Crippen LogP contribution in [-0.4, -0.2) is 40.8 Å². The Morgan fingerprint density at radius 2 is 2.24 bits per heavy atom. The van der Waals surface area contributed by atoms with E-state index < -0.39 is 0 Å². The summed E-state index contributed by atoms with van der Waals surface area (Å²) in [6, 6.07) is 4.48. The molecule has 1 amide bonds. The number of amides is 1. The number of phenolic OH excluding ortho intramolecular Hbond substituents is 1. The van der Waals surface area contributed by atoms with Gasteiger partial charge in [-0.25, -0.2) is 9.67 Å². The molecule has 9 nitrogen and oxygen atoms in total. The number of carbonyl (C=O) groups is 1. The van der Waals surface area contributed by atoms with Crippen molar-refractivity contribution in [3.8, 4) is 11.4 Å². The van der Waals surface area contributed by atoms with Crippen LogP contribution >= 0.6 is 0 Å². The molecule has 9 heteroatoms. The number of benzene rings is 1. The van der Waals surface area contributed by atoms with E-state index in [1.54, 1.807) is 18.3 Å². The number of imidazole rings is 1. The molecule has 128 valence electrons. The topological polar surface area (TPSA) is 111 Å². The summed E-state index contributed by atoms with van der Waals surface area (Å²) in [5.74, 6) is 0.734. The Kier molecular flexibility index (Phi) is 3.68. The van der Waals surface area contributed by atoms with Gasteiger partial charge in [-0.3, -0.25) is 4.79 Å². The van der Waals surface area contributed by atoms with Gasteiger partial charge >= 0.3 is 0 Å². The van der Waals surface area contributed by atoms with Crippen molar-refractivity contribution in [1.82, 2.24) is 35.1 Å². The Hall–Kier alpha value is -3.23. The average molecular weight is 339 g/mol. The molecule has 1 aliphatic carbocycles. The minimum atomic E-state index is -0.354. The molecular formula is C16H17N7O2. The lowest BCUT2D eigenvalue weighted by molar-refractivity contribution is 0.0926. The number of nitrogens with zero attached hydrogens (tertiary/aromatic N) is 6. The van der Waals surface area contributed by atoms with E-state index in [-0.39, 0.29) is 23.3 Å². The molecule has 25 heavy (non-hydrogen) atoms. The molecule has 2 heterocycles. The highest BCUT2D eigenvalue weighted by molar-refractivity contribution is 5.97. The van der Waals surface area contributed by atoms with Crippen molar-refractivity contribution in [2.24, 2.45) is 13.0 Å². The number of aromatic nitrogens is 6. The zero-order valence-electron chi connectivity index (χ0n) is 13.6. The van der Waals surface area contributed by atoms with Crippen molar-refractivity contribution in [2.45, 2.75) is 18.9 Å². The highest BCUT2D eigenvalue weighted by atomic mass is 16.3. The van der Waals surface area contributed by atoms with Gasteiger partial charge in [-0.15, -0.1) is 5.10 Å². The minimum absolute atomic E-state index is 0.0938. The third-order valence-corrected chi connectivity index (χ3v) is 4.35. The van der Waals surface area contributed by atoms with E-state index >= 15 is 0 Å². The van der Waals surface area contributed by atoms with Gasteiger partial charge in [-0.1, -0.05) is 0 Å². The Morgan fingerprint density at radius 3 is 2.88 bits per heavy atom. The Labute approximate surface area is 143 Å². The maximum atomic E-state index is 12.8. The molecule has 0 spiro atoms. The number of aromatic hydroxyl groups is 1. The van der Waals surface area contributed by atoms with Gasteiger partial charge in [0.2, 0.25) is 0 Å². The maximum absolute atomic E-state index is 12.8. The van der Waals surface area contributed by atoms with Gasteiger partial charge in [0.25, 0.3) is 5.91 Å². The molecular weight excluding hydrogens is 322 g/mol. The molecule has 1 fully saturated rings. The Balaban J connectivity index is 1.62. The van der Waals surface area contributed by atoms with E-state index in [0.717, 1.165) is 18.7 Å². The maximum Gasteiger partial charge on any atom is 0.255 e. The fourth-order valence-corrected chi connectivity index (χ4v) is 2.85. The summed E-state index contributed by atoms with van der Waals surface area (Å²) in [7, 11) is 1.90. The molecule has 1 atom stereocenters. The van der Waals surface area contributed by atoms with Crippen LogP contribution in [0.2, 0.25) is 0 Å². The standard InChI is InChI=1S/C16H17N7O2/c1-22-7-6-17-15(22)14(10-2-3-10)19-16(25)12-8-11(4-5-13(12)24)23-9-18-20-21-23/h4-10,14,24H,2-3H2,1H3,(H,19,25)/t14-/m1/s1. The quantitative estimate of drug-likeness (QED) is 0.717. The molecule has 0 bridgehead atoms. The van der Waals surface area contributed by atoms with E-state index in [0.29, 0.717) is 11.6 Å². The van der Waals surface area contributed by atoms with Gasteiger partial charge in [0.15, 0.2) is 0 Å². The first-order valence-electron chi connectivity index (χ1n) is 7.98. The molecule has 0 aliphatic heterocycles. The highest BCUT2D eigenvalue weighted by Gasteiger charge is 2.36. The van der Waals surface area contributed by atoms with E-state index in [4.69, 9.17) is 0 Å². The zero-order valence-corrected chi connectivity index (χ0v) is 13.6. The molecule has 1 aromatic carbocycles. The van der Waals surface area contributed by atoms with Crippen LogP contribution in [0, 0.1) is 5.92 Å². The predicted molar refractivity (Wildman–Crippen MR) is 87.0 cm³/mol. The molecule has 0 unspecified atom stereocenters. The second-order valence-electron chi connectivity index (χ2n) is 6.14. The van der Waals surface area contributed by atoms with Gasteiger partial charge in [0, 0.05) is 19.4 Å². The van der Waals surface area contributed by atoms with Crippen LogP contribution in [0.3, 0.4) is 0 Å². The lowest BCUT2D eigenvalue weighted by Crippen LogP contribution is -2.31. The normalized spacial score (nSPS) is 15.1. The number of nitrogens with one attached hydrogen (secondary N) is 1. The lowest BCUT2D eigenvalue weighted by Gasteiger charge is -2.18. The number of aryl methyl sites for hydroxylation is 1. The average Bonchev–Trinajstić information content (AvgIpc) is 3.12. The van der Waals surface area contributed by atoms with E-state index in [9.17, 15) is 9.90 Å². The summed E-state index contributed by atoms with van der Waals surface area (Å²) < 4.78 is 3.33. The molecule has 0 saturated heterocycles. The number of phenols is 1. The molecule has 3 aromatic rings. The van der Waals surface area contributed by atoms with Gasteiger partial charge in [-0.05, 0) is 47.4 Å². The van der Waals surface area contributed by atoms with Crippen molar-refractivity contribution in [2.75, 3.05) is 0 Å². The SMILES string of the molecule is Cn1ccnc1[C@H](NC(=O)c1cc(-n2cnnn2)ccc1O)C1CC1. The fraction of sp³-hybridized carbons (Fsp3) is 0.312. The lowest BCUT2D eigenvalue weighted by atomic mass is 10.1. The third-order valence-electron chi connectivity index (χ3n) is 4.35. The van der Waals surface area contributed by atoms with E-state index in [2.05, 4.69) is 25.8 Å². The van der Waals surface area contributed by atoms with E-state index in [1.165, 1.54) is 17.1 Å². The van der Waals surface area contributed by atoms with Gasteiger partial charge in [-0.2, -0.15) is 0 Å². The summed E-state index contributed by atoms with van der Waals surface area (Å²) in [6.07, 6.45) is 7.09. The first kappa shape index (κ1) is 15.3. The van der Waals surface area contributed by atoms with Crippen molar-refractivity contribution in [3.05, 3.63) is 48.3 Å². The Morgan fingerprint density at radius 1 is 1.40 bits per heavy atom. The highest BCUT2D eigenvalue weighted by Crippen LogP contribution is 2.40. The van der Waals surface area contributed by atoms with Crippen LogP contribution in [0.4, 0.5) is 0 Å². The van der Waals surface area contributed by atoms with Crippen molar-refractivity contribution < 1.29 is 9.90 Å². The molecule has 1 saturated carbocycles. The predicted octanol–water partition coefficient (Wildman–Crippen LogP) is 0.982. The second kappa shape index (κ2) is 6.00. The first-order valence-corrected chi connectivity index (χ1v) is 7.98. The van der Waals surface area contributed by atoms with Crippen molar-refractivity contribution >= 4 is 5.91 Å². The molecule has 0 radical (unpaired) electrons. The monoisotopic (exact) mass is 339 g/mol. The third kappa shape index (κ3) is 2.95. The smallest absolute Gasteiger partial charge is 0.255 e. The summed E-state index contributed by atoms with van der Waals surface area (Å²) in [4.78, 5) is 17.1. The largest absolute Gasteiger partial charge is 0.507 e. The van der Waals surface area contributed by atoms with Crippen LogP contribution in [0.15, 0.2) is 36.9 Å². The molecule has 4 rings (SSSR count). The molecule has 1 aliphatic rings. The summed E-state index contributed by atoms with van der Waals surface area (Å²) >= 11 is 0. The summed E-state index contributed by atoms with van der Waals surface area (Å²) in [6.45, 7) is 0. The molecule has 2 aromatic heterocycles. The van der Waals surface area contributed by atoms with Crippen molar-refractivity contribution in [1.29, 1.82) is 0 Å². The van der Waals surface area contributed by atoms with E-state index in [1.807, 2.05) is 17.8 Å². The second-order valence-corrected chi connectivity index (χ2v) is 6.14. The van der Waals surface area contributed by atoms with Crippen LogP contribution < -0.4 is 5.32 Å². The number of carbonyl (C=O) groups excluding carboxylic acids is 1. The van der Waals surface area contributed by atoms with Crippen LogP contribution in [0.1, 0.15) is 35.1 Å². The van der Waals surface area contributed by atoms with Crippen LogP contribution in [0.25, 0.3) is 5.69 Å². The van der Waals surface area contributed by atoms with Gasteiger partial charge in [0.1, 0.15) is 17.9 Å². The number of tetrazole rings is 1. The van der Waals surface area contributed by atoms with Gasteiger partial charge < -0.3 is 15.0 Å². The van der Waals surface area contributed by atoms with Gasteiger partial charge in [0.05, 0.1) is 17.3 Å². The number of rotatable bonds is 5. The number of hydrogen-bond acceptors (Lipinski definition) is 6. The zero-order chi connectivity index (χ0) is 17.4. The summed E-state index contributed by atoms with van der Waals surface area (Å²) in [5.41, 5.74) is 0.765. The van der Waals surface area contributed by atoms with Crippen LogP contribution in [0.5, 0.6) is 5.75 Å². The first-order chi connectivity index (χ1) is 12.1.